The maximum atomic E-state index is 13.7. The molecule has 0 amide bonds. The molecule has 1 atom stereocenters. The largest absolute Gasteiger partial charge is 0.206 e. The molecule has 1 heterocycles. The van der Waals surface area contributed by atoms with Gasteiger partial charge in [-0.05, 0) is 39.4 Å². The highest BCUT2D eigenvalue weighted by Crippen LogP contribution is 2.35. The van der Waals surface area contributed by atoms with E-state index in [1.54, 1.807) is 23.5 Å². The third-order valence-corrected chi connectivity index (χ3v) is 4.20. The predicted octanol–water partition coefficient (Wildman–Crippen LogP) is 5.37. The molecule has 0 aliphatic heterocycles. The van der Waals surface area contributed by atoms with Crippen LogP contribution in [-0.4, -0.2) is 0 Å². The summed E-state index contributed by atoms with van der Waals surface area (Å²) >= 11 is 8.10. The van der Waals surface area contributed by atoms with Crippen LogP contribution in [0.2, 0.25) is 0 Å². The fourth-order valence-corrected chi connectivity index (χ4v) is 3.19. The molecule has 0 fully saturated rings. The predicted molar refractivity (Wildman–Crippen MR) is 75.9 cm³/mol. The summed E-state index contributed by atoms with van der Waals surface area (Å²) in [4.78, 5) is 0. The van der Waals surface area contributed by atoms with Crippen molar-refractivity contribution in [3.8, 4) is 0 Å². The van der Waals surface area contributed by atoms with Gasteiger partial charge in [-0.25, -0.2) is 4.39 Å². The van der Waals surface area contributed by atoms with Crippen LogP contribution in [0.4, 0.5) is 4.39 Å². The molecule has 0 N–H and O–H groups in total. The topological polar surface area (TPSA) is 0 Å². The zero-order valence-electron chi connectivity index (χ0n) is 9.44. The Labute approximate surface area is 114 Å². The van der Waals surface area contributed by atoms with Gasteiger partial charge in [0.25, 0.3) is 0 Å². The molecular formula is C15H10ClFS. The summed E-state index contributed by atoms with van der Waals surface area (Å²) in [6.07, 6.45) is 0. The molecule has 90 valence electrons. The molecular weight excluding hydrogens is 267 g/mol. The molecule has 0 nitrogen and oxygen atoms in total. The maximum absolute atomic E-state index is 13.7. The number of alkyl halides is 1. The van der Waals surface area contributed by atoms with Gasteiger partial charge in [-0.3, -0.25) is 0 Å². The zero-order chi connectivity index (χ0) is 12.5. The van der Waals surface area contributed by atoms with E-state index in [4.69, 9.17) is 11.6 Å². The van der Waals surface area contributed by atoms with Crippen molar-refractivity contribution in [1.29, 1.82) is 0 Å². The summed E-state index contributed by atoms with van der Waals surface area (Å²) in [7, 11) is 0. The first kappa shape index (κ1) is 11.7. The third kappa shape index (κ3) is 1.92. The van der Waals surface area contributed by atoms with Gasteiger partial charge in [0.15, 0.2) is 0 Å². The quantitative estimate of drug-likeness (QED) is 0.552. The van der Waals surface area contributed by atoms with Gasteiger partial charge in [-0.2, -0.15) is 11.3 Å². The first-order chi connectivity index (χ1) is 8.77. The molecule has 0 radical (unpaired) electrons. The van der Waals surface area contributed by atoms with E-state index in [2.05, 4.69) is 0 Å². The van der Waals surface area contributed by atoms with Crippen molar-refractivity contribution in [2.45, 2.75) is 5.38 Å². The van der Waals surface area contributed by atoms with Crippen LogP contribution in [0.3, 0.4) is 0 Å². The Morgan fingerprint density at radius 3 is 2.50 bits per heavy atom. The summed E-state index contributed by atoms with van der Waals surface area (Å²) in [6.45, 7) is 0. The van der Waals surface area contributed by atoms with Crippen molar-refractivity contribution in [1.82, 2.24) is 0 Å². The van der Waals surface area contributed by atoms with E-state index < -0.39 is 0 Å². The minimum absolute atomic E-state index is 0.205. The molecule has 0 aliphatic rings. The van der Waals surface area contributed by atoms with Gasteiger partial charge in [-0.15, -0.1) is 11.6 Å². The van der Waals surface area contributed by atoms with E-state index in [9.17, 15) is 4.39 Å². The van der Waals surface area contributed by atoms with E-state index in [0.717, 1.165) is 16.5 Å². The zero-order valence-corrected chi connectivity index (χ0v) is 11.0. The summed E-state index contributed by atoms with van der Waals surface area (Å²) in [6, 6.07) is 12.7. The number of halogens is 2. The van der Waals surface area contributed by atoms with Gasteiger partial charge >= 0.3 is 0 Å². The van der Waals surface area contributed by atoms with Crippen molar-refractivity contribution in [3.05, 3.63) is 70.2 Å². The van der Waals surface area contributed by atoms with Crippen LogP contribution in [-0.2, 0) is 0 Å². The van der Waals surface area contributed by atoms with E-state index in [0.29, 0.717) is 5.39 Å². The lowest BCUT2D eigenvalue weighted by molar-refractivity contribution is 0.639. The minimum atomic E-state index is -0.234. The Balaban J connectivity index is 2.21. The molecule has 1 aromatic heterocycles. The lowest BCUT2D eigenvalue weighted by Gasteiger charge is -2.12. The number of rotatable bonds is 2. The number of hydrogen-bond acceptors (Lipinski definition) is 1. The average Bonchev–Trinajstić information content (AvgIpc) is 2.93. The highest BCUT2D eigenvalue weighted by atomic mass is 35.5. The third-order valence-electron chi connectivity index (χ3n) is 3.01. The monoisotopic (exact) mass is 276 g/mol. The molecule has 0 bridgehead atoms. The highest BCUT2D eigenvalue weighted by molar-refractivity contribution is 7.08. The number of thiophene rings is 1. The summed E-state index contributed by atoms with van der Waals surface area (Å²) in [5.41, 5.74) is 2.01. The van der Waals surface area contributed by atoms with E-state index >= 15 is 0 Å². The van der Waals surface area contributed by atoms with Gasteiger partial charge in [0, 0.05) is 5.39 Å². The van der Waals surface area contributed by atoms with Gasteiger partial charge in [-0.1, -0.05) is 30.3 Å². The second-order valence-corrected chi connectivity index (χ2v) is 5.32. The fourth-order valence-electron chi connectivity index (χ4n) is 2.11. The second-order valence-electron chi connectivity index (χ2n) is 4.10. The van der Waals surface area contributed by atoms with Crippen LogP contribution in [0.25, 0.3) is 10.8 Å². The van der Waals surface area contributed by atoms with E-state index in [1.807, 2.05) is 35.0 Å². The Morgan fingerprint density at radius 1 is 1.00 bits per heavy atom. The van der Waals surface area contributed by atoms with E-state index in [1.165, 1.54) is 6.07 Å². The van der Waals surface area contributed by atoms with Crippen LogP contribution in [0.5, 0.6) is 0 Å². The second kappa shape index (κ2) is 4.71. The summed E-state index contributed by atoms with van der Waals surface area (Å²) in [5, 5.41) is 5.29. The van der Waals surface area contributed by atoms with Crippen LogP contribution < -0.4 is 0 Å². The molecule has 3 aromatic rings. The SMILES string of the molecule is Fc1ccc(C(Cl)c2ccsc2)c2ccccc12. The van der Waals surface area contributed by atoms with Crippen LogP contribution in [0.15, 0.2) is 53.2 Å². The average molecular weight is 277 g/mol. The molecule has 0 aliphatic carbocycles. The molecule has 0 spiro atoms. The lowest BCUT2D eigenvalue weighted by Crippen LogP contribution is -1.94. The minimum Gasteiger partial charge on any atom is -0.206 e. The van der Waals surface area contributed by atoms with Gasteiger partial charge in [0.2, 0.25) is 0 Å². The number of hydrogen-bond donors (Lipinski definition) is 0. The lowest BCUT2D eigenvalue weighted by atomic mass is 9.99. The smallest absolute Gasteiger partial charge is 0.131 e. The van der Waals surface area contributed by atoms with Crippen molar-refractivity contribution in [2.75, 3.05) is 0 Å². The highest BCUT2D eigenvalue weighted by Gasteiger charge is 2.15. The summed E-state index contributed by atoms with van der Waals surface area (Å²) < 4.78 is 13.7. The van der Waals surface area contributed by atoms with Crippen LogP contribution in [0.1, 0.15) is 16.5 Å². The maximum Gasteiger partial charge on any atom is 0.131 e. The number of fused-ring (bicyclic) bond motifs is 1. The Bertz CT molecular complexity index is 676. The standard InChI is InChI=1S/C15H10ClFS/c16-15(10-7-8-18-9-10)13-5-6-14(17)12-4-2-1-3-11(12)13/h1-9,15H. The molecule has 3 rings (SSSR count). The van der Waals surface area contributed by atoms with Crippen molar-refractivity contribution in [3.63, 3.8) is 0 Å². The van der Waals surface area contributed by atoms with Crippen molar-refractivity contribution in [2.24, 2.45) is 0 Å². The molecule has 1 unspecified atom stereocenters. The number of benzene rings is 2. The summed E-state index contributed by atoms with van der Waals surface area (Å²) in [5.74, 6) is -0.205. The molecule has 0 saturated heterocycles. The van der Waals surface area contributed by atoms with Crippen LogP contribution in [0, 0.1) is 5.82 Å². The molecule has 3 heteroatoms. The molecule has 0 saturated carbocycles. The Morgan fingerprint density at radius 2 is 1.78 bits per heavy atom. The van der Waals surface area contributed by atoms with Gasteiger partial charge in [0.1, 0.15) is 5.82 Å². The van der Waals surface area contributed by atoms with Crippen molar-refractivity contribution < 1.29 is 4.39 Å². The normalized spacial score (nSPS) is 12.8. The molecule has 2 aromatic carbocycles. The molecule has 18 heavy (non-hydrogen) atoms. The van der Waals surface area contributed by atoms with E-state index in [-0.39, 0.29) is 11.2 Å². The Kier molecular flexibility index (Phi) is 3.06. The first-order valence-corrected chi connectivity index (χ1v) is 6.98. The van der Waals surface area contributed by atoms with Crippen molar-refractivity contribution >= 4 is 33.7 Å². The van der Waals surface area contributed by atoms with Gasteiger partial charge < -0.3 is 0 Å². The van der Waals surface area contributed by atoms with Gasteiger partial charge in [0.05, 0.1) is 5.38 Å². The fraction of sp³-hybridized carbons (Fsp3) is 0.0667. The Hall–Kier alpha value is -1.38. The van der Waals surface area contributed by atoms with Crippen LogP contribution >= 0.6 is 22.9 Å². The first-order valence-electron chi connectivity index (χ1n) is 5.60.